The summed E-state index contributed by atoms with van der Waals surface area (Å²) in [6.07, 6.45) is 0. The molecule has 15 heavy (non-hydrogen) atoms. The first-order chi connectivity index (χ1) is 7.22. The normalized spacial score (nSPS) is 10.6. The molecule has 5 heteroatoms. The molecule has 0 radical (unpaired) electrons. The van der Waals surface area contributed by atoms with E-state index >= 15 is 0 Å². The molecule has 2 aromatic rings. The Morgan fingerprint density at radius 3 is 2.93 bits per heavy atom. The zero-order valence-electron chi connectivity index (χ0n) is 8.00. The maximum absolute atomic E-state index is 5.18. The van der Waals surface area contributed by atoms with E-state index < -0.39 is 0 Å². The van der Waals surface area contributed by atoms with Crippen LogP contribution in [0, 0.1) is 10.5 Å². The van der Waals surface area contributed by atoms with Gasteiger partial charge < -0.3 is 4.52 Å². The molecule has 0 aliphatic carbocycles. The Bertz CT molecular complexity index is 484. The summed E-state index contributed by atoms with van der Waals surface area (Å²) in [5, 5.41) is 4.46. The number of nitrogens with zero attached hydrogens (tertiary/aromatic N) is 2. The van der Waals surface area contributed by atoms with Gasteiger partial charge in [0.1, 0.15) is 0 Å². The summed E-state index contributed by atoms with van der Waals surface area (Å²) in [4.78, 5) is 4.27. The van der Waals surface area contributed by atoms with Gasteiger partial charge in [-0.25, -0.2) is 0 Å². The quantitative estimate of drug-likeness (QED) is 0.592. The minimum absolute atomic E-state index is 0.581. The Labute approximate surface area is 110 Å². The van der Waals surface area contributed by atoms with Crippen LogP contribution in [0.3, 0.4) is 0 Å². The maximum Gasteiger partial charge on any atom is 0.259 e. The predicted molar refractivity (Wildman–Crippen MR) is 69.8 cm³/mol. The molecule has 78 valence electrons. The molecule has 0 N–H and O–H groups in total. The van der Waals surface area contributed by atoms with E-state index in [1.165, 1.54) is 5.56 Å². The molecule has 2 rings (SSSR count). The van der Waals surface area contributed by atoms with Crippen molar-refractivity contribution in [2.75, 3.05) is 0 Å². The molecule has 0 bridgehead atoms. The monoisotopic (exact) mass is 378 g/mol. The average Bonchev–Trinajstić information content (AvgIpc) is 2.70. The highest BCUT2D eigenvalue weighted by molar-refractivity contribution is 14.1. The molecule has 0 fully saturated rings. The van der Waals surface area contributed by atoms with Gasteiger partial charge in [0.15, 0.2) is 5.82 Å². The lowest BCUT2D eigenvalue weighted by Gasteiger charge is -2.01. The molecular formula is C10H8BrIN2O. The molecular weight excluding hydrogens is 371 g/mol. The number of hydrogen-bond acceptors (Lipinski definition) is 3. The van der Waals surface area contributed by atoms with Gasteiger partial charge in [0.05, 0.1) is 10.9 Å². The van der Waals surface area contributed by atoms with Crippen molar-refractivity contribution in [1.29, 1.82) is 0 Å². The van der Waals surface area contributed by atoms with Gasteiger partial charge in [-0.3, -0.25) is 0 Å². The Kier molecular flexibility index (Phi) is 3.40. The summed E-state index contributed by atoms with van der Waals surface area (Å²) in [7, 11) is 0. The number of alkyl halides is 1. The molecule has 3 nitrogen and oxygen atoms in total. The van der Waals surface area contributed by atoms with Crippen LogP contribution in [0.15, 0.2) is 22.7 Å². The van der Waals surface area contributed by atoms with Crippen molar-refractivity contribution in [3.8, 4) is 11.5 Å². The van der Waals surface area contributed by atoms with Crippen LogP contribution in [0.4, 0.5) is 0 Å². The molecule has 0 aliphatic heterocycles. The van der Waals surface area contributed by atoms with Gasteiger partial charge in [-0.1, -0.05) is 33.2 Å². The first-order valence-corrected chi connectivity index (χ1v) is 6.56. The minimum atomic E-state index is 0.581. The number of hydrogen-bond donors (Lipinski definition) is 0. The molecule has 0 unspecified atom stereocenters. The van der Waals surface area contributed by atoms with Gasteiger partial charge in [0.2, 0.25) is 0 Å². The van der Waals surface area contributed by atoms with Crippen LogP contribution in [-0.2, 0) is 5.33 Å². The molecule has 0 atom stereocenters. The third-order valence-electron chi connectivity index (χ3n) is 2.01. The zero-order valence-corrected chi connectivity index (χ0v) is 11.7. The molecule has 1 heterocycles. The van der Waals surface area contributed by atoms with Gasteiger partial charge in [0.25, 0.3) is 5.89 Å². The Morgan fingerprint density at radius 1 is 1.47 bits per heavy atom. The summed E-state index contributed by atoms with van der Waals surface area (Å²) in [6, 6.07) is 6.04. The summed E-state index contributed by atoms with van der Waals surface area (Å²) in [5.74, 6) is 1.25. The van der Waals surface area contributed by atoms with Crippen molar-refractivity contribution in [1.82, 2.24) is 10.1 Å². The Balaban J connectivity index is 2.49. The smallest absolute Gasteiger partial charge is 0.259 e. The van der Waals surface area contributed by atoms with Crippen molar-refractivity contribution in [3.63, 3.8) is 0 Å². The van der Waals surface area contributed by atoms with Crippen LogP contribution in [0.2, 0.25) is 0 Å². The van der Waals surface area contributed by atoms with Crippen LogP contribution in [0.25, 0.3) is 11.5 Å². The van der Waals surface area contributed by atoms with Crippen LogP contribution >= 0.6 is 38.5 Å². The van der Waals surface area contributed by atoms with Crippen molar-refractivity contribution in [3.05, 3.63) is 33.2 Å². The highest BCUT2D eigenvalue weighted by Gasteiger charge is 2.11. The van der Waals surface area contributed by atoms with Gasteiger partial charge in [0, 0.05) is 3.57 Å². The van der Waals surface area contributed by atoms with Crippen LogP contribution in [-0.4, -0.2) is 10.1 Å². The fraction of sp³-hybridized carbons (Fsp3) is 0.200. The fourth-order valence-electron chi connectivity index (χ4n) is 1.23. The molecule has 0 spiro atoms. The molecule has 1 aromatic carbocycles. The van der Waals surface area contributed by atoms with Crippen LogP contribution in [0.1, 0.15) is 11.4 Å². The number of rotatable bonds is 2. The summed E-state index contributed by atoms with van der Waals surface area (Å²) >= 11 is 5.58. The average molecular weight is 379 g/mol. The standard InChI is InChI=1S/C10H8BrIN2O/c1-6-3-2-4-7(9(6)12)10-13-8(5-11)14-15-10/h2-4H,5H2,1H3. The lowest BCUT2D eigenvalue weighted by atomic mass is 10.1. The van der Waals surface area contributed by atoms with Crippen molar-refractivity contribution >= 4 is 38.5 Å². The number of aromatic nitrogens is 2. The Hall–Kier alpha value is -0.430. The first-order valence-electron chi connectivity index (χ1n) is 4.36. The van der Waals surface area contributed by atoms with Crippen LogP contribution in [0.5, 0.6) is 0 Å². The van der Waals surface area contributed by atoms with Gasteiger partial charge >= 0.3 is 0 Å². The molecule has 0 saturated heterocycles. The largest absolute Gasteiger partial charge is 0.334 e. The molecule has 0 aliphatic rings. The zero-order chi connectivity index (χ0) is 10.8. The van der Waals surface area contributed by atoms with E-state index in [9.17, 15) is 0 Å². The first kappa shape index (κ1) is 11.1. The van der Waals surface area contributed by atoms with Gasteiger partial charge in [-0.15, -0.1) is 0 Å². The van der Waals surface area contributed by atoms with E-state index in [4.69, 9.17) is 4.52 Å². The number of halogens is 2. The van der Waals surface area contributed by atoms with E-state index in [0.29, 0.717) is 17.0 Å². The molecule has 0 amide bonds. The summed E-state index contributed by atoms with van der Waals surface area (Å²) < 4.78 is 6.33. The van der Waals surface area contributed by atoms with E-state index in [0.717, 1.165) is 9.13 Å². The van der Waals surface area contributed by atoms with E-state index in [1.54, 1.807) is 0 Å². The highest BCUT2D eigenvalue weighted by Crippen LogP contribution is 2.26. The topological polar surface area (TPSA) is 38.9 Å². The fourth-order valence-corrected chi connectivity index (χ4v) is 2.05. The van der Waals surface area contributed by atoms with E-state index in [1.807, 2.05) is 12.1 Å². The number of benzene rings is 1. The van der Waals surface area contributed by atoms with Gasteiger partial charge in [-0.2, -0.15) is 4.98 Å². The lowest BCUT2D eigenvalue weighted by molar-refractivity contribution is 0.425. The van der Waals surface area contributed by atoms with E-state index in [-0.39, 0.29) is 0 Å². The third kappa shape index (κ3) is 2.23. The predicted octanol–water partition coefficient (Wildman–Crippen LogP) is 3.54. The van der Waals surface area contributed by atoms with Crippen molar-refractivity contribution in [2.45, 2.75) is 12.3 Å². The van der Waals surface area contributed by atoms with Crippen molar-refractivity contribution in [2.24, 2.45) is 0 Å². The van der Waals surface area contributed by atoms with E-state index in [2.05, 4.69) is 61.7 Å². The lowest BCUT2D eigenvalue weighted by Crippen LogP contribution is -1.87. The second-order valence-corrected chi connectivity index (χ2v) is 4.73. The van der Waals surface area contributed by atoms with Crippen molar-refractivity contribution < 1.29 is 4.52 Å². The van der Waals surface area contributed by atoms with Crippen LogP contribution < -0.4 is 0 Å². The second-order valence-electron chi connectivity index (χ2n) is 3.09. The molecule has 1 aromatic heterocycles. The summed E-state index contributed by atoms with van der Waals surface area (Å²) in [6.45, 7) is 2.06. The third-order valence-corrected chi connectivity index (χ3v) is 3.94. The minimum Gasteiger partial charge on any atom is -0.334 e. The maximum atomic E-state index is 5.18. The molecule has 0 saturated carbocycles. The Morgan fingerprint density at radius 2 is 2.27 bits per heavy atom. The highest BCUT2D eigenvalue weighted by atomic mass is 127. The number of aryl methyl sites for hydroxylation is 1. The van der Waals surface area contributed by atoms with Gasteiger partial charge in [-0.05, 0) is 41.1 Å². The summed E-state index contributed by atoms with van der Waals surface area (Å²) in [5.41, 5.74) is 2.21. The second kappa shape index (κ2) is 4.61. The SMILES string of the molecule is Cc1cccc(-c2nc(CBr)no2)c1I.